The van der Waals surface area contributed by atoms with E-state index in [0.29, 0.717) is 5.88 Å². The molecule has 1 aromatic carbocycles. The zero-order valence-electron chi connectivity index (χ0n) is 13.2. The number of nitrogens with one attached hydrogen (secondary N) is 1. The van der Waals surface area contributed by atoms with Gasteiger partial charge in [0, 0.05) is 6.07 Å². The summed E-state index contributed by atoms with van der Waals surface area (Å²) in [5.74, 6) is 1.37. The minimum Gasteiger partial charge on any atom is -0.488 e. The molecule has 0 spiro atoms. The minimum atomic E-state index is -0.564. The largest absolute Gasteiger partial charge is 0.488 e. The van der Waals surface area contributed by atoms with Gasteiger partial charge in [-0.05, 0) is 37.5 Å². The third-order valence-corrected chi connectivity index (χ3v) is 4.13. The highest BCUT2D eigenvalue weighted by atomic mass is 16.5. The van der Waals surface area contributed by atoms with Crippen molar-refractivity contribution in [3.63, 3.8) is 0 Å². The molecule has 0 bridgehead atoms. The van der Waals surface area contributed by atoms with E-state index in [1.165, 1.54) is 0 Å². The molecule has 1 fully saturated rings. The van der Waals surface area contributed by atoms with Crippen LogP contribution in [0.5, 0.6) is 11.6 Å². The lowest BCUT2D eigenvalue weighted by molar-refractivity contribution is -0.00109. The Morgan fingerprint density at radius 3 is 2.65 bits per heavy atom. The molecule has 1 saturated carbocycles. The summed E-state index contributed by atoms with van der Waals surface area (Å²) in [7, 11) is 1.59. The maximum atomic E-state index is 10.6. The van der Waals surface area contributed by atoms with Crippen molar-refractivity contribution in [1.82, 2.24) is 4.98 Å². The quantitative estimate of drug-likeness (QED) is 0.888. The summed E-state index contributed by atoms with van der Waals surface area (Å²) < 4.78 is 11.0. The third kappa shape index (κ3) is 3.93. The fraction of sp³-hybridized carbons (Fsp3) is 0.389. The molecule has 122 valence electrons. The van der Waals surface area contributed by atoms with Crippen LogP contribution in [-0.2, 0) is 0 Å². The molecular weight excluding hydrogens is 292 g/mol. The van der Waals surface area contributed by atoms with Gasteiger partial charge in [-0.2, -0.15) is 0 Å². The van der Waals surface area contributed by atoms with Crippen molar-refractivity contribution < 1.29 is 14.6 Å². The highest BCUT2D eigenvalue weighted by molar-refractivity contribution is 5.43. The summed E-state index contributed by atoms with van der Waals surface area (Å²) in [5.41, 5.74) is 0.871. The van der Waals surface area contributed by atoms with Crippen molar-refractivity contribution in [1.29, 1.82) is 0 Å². The van der Waals surface area contributed by atoms with Gasteiger partial charge in [-0.25, -0.2) is 4.98 Å². The second kappa shape index (κ2) is 7.33. The Morgan fingerprint density at radius 2 is 1.96 bits per heavy atom. The summed E-state index contributed by atoms with van der Waals surface area (Å²) in [6.45, 7) is 0. The zero-order chi connectivity index (χ0) is 16.1. The van der Waals surface area contributed by atoms with Gasteiger partial charge < -0.3 is 19.9 Å². The average Bonchev–Trinajstić information content (AvgIpc) is 2.60. The molecule has 2 aromatic rings. The molecule has 3 rings (SSSR count). The van der Waals surface area contributed by atoms with Crippen molar-refractivity contribution in [2.24, 2.45) is 0 Å². The first-order valence-corrected chi connectivity index (χ1v) is 7.92. The van der Waals surface area contributed by atoms with E-state index < -0.39 is 6.10 Å². The number of anilines is 1. The molecule has 5 nitrogen and oxygen atoms in total. The van der Waals surface area contributed by atoms with E-state index in [2.05, 4.69) is 10.3 Å². The van der Waals surface area contributed by atoms with Crippen LogP contribution in [0.1, 0.15) is 19.3 Å². The molecule has 0 amide bonds. The van der Waals surface area contributed by atoms with Crippen molar-refractivity contribution in [3.8, 4) is 11.6 Å². The van der Waals surface area contributed by atoms with Gasteiger partial charge in [-0.3, -0.25) is 0 Å². The number of para-hydroxylation sites is 1. The Morgan fingerprint density at radius 1 is 1.13 bits per heavy atom. The lowest BCUT2D eigenvalue weighted by Gasteiger charge is -2.35. The minimum absolute atomic E-state index is 0.0485. The fourth-order valence-electron chi connectivity index (χ4n) is 2.90. The van der Waals surface area contributed by atoms with Crippen LogP contribution in [0.15, 0.2) is 48.7 Å². The second-order valence-electron chi connectivity index (χ2n) is 5.73. The molecule has 0 aliphatic heterocycles. The van der Waals surface area contributed by atoms with E-state index in [0.717, 1.165) is 30.7 Å². The normalized spacial score (nSPS) is 24.0. The SMILES string of the molecule is COc1ccc(N[C@H]2CCC[C@@H](Oc3ccccc3)[C@@H]2O)cn1. The summed E-state index contributed by atoms with van der Waals surface area (Å²) in [5, 5.41) is 14.0. The molecule has 1 aromatic heterocycles. The van der Waals surface area contributed by atoms with E-state index in [1.54, 1.807) is 19.4 Å². The lowest BCUT2D eigenvalue weighted by Crippen LogP contribution is -2.47. The topological polar surface area (TPSA) is 63.6 Å². The Hall–Kier alpha value is -2.27. The van der Waals surface area contributed by atoms with Crippen LogP contribution in [0, 0.1) is 0 Å². The number of rotatable bonds is 5. The van der Waals surface area contributed by atoms with Crippen LogP contribution in [0.3, 0.4) is 0 Å². The van der Waals surface area contributed by atoms with Gasteiger partial charge in [-0.15, -0.1) is 0 Å². The van der Waals surface area contributed by atoms with Crippen molar-refractivity contribution in [3.05, 3.63) is 48.7 Å². The van der Waals surface area contributed by atoms with Crippen molar-refractivity contribution in [2.75, 3.05) is 12.4 Å². The smallest absolute Gasteiger partial charge is 0.213 e. The maximum absolute atomic E-state index is 10.6. The summed E-state index contributed by atoms with van der Waals surface area (Å²) in [6.07, 6.45) is 3.72. The average molecular weight is 314 g/mol. The summed E-state index contributed by atoms with van der Waals surface area (Å²) in [4.78, 5) is 4.18. The molecule has 1 aliphatic rings. The Bertz CT molecular complexity index is 603. The first-order valence-electron chi connectivity index (χ1n) is 7.92. The highest BCUT2D eigenvalue weighted by Gasteiger charge is 2.33. The van der Waals surface area contributed by atoms with Gasteiger partial charge in [0.1, 0.15) is 18.0 Å². The van der Waals surface area contributed by atoms with Gasteiger partial charge in [0.2, 0.25) is 5.88 Å². The van der Waals surface area contributed by atoms with Crippen LogP contribution in [0.25, 0.3) is 0 Å². The number of benzene rings is 1. The number of aromatic nitrogens is 1. The predicted octanol–water partition coefficient (Wildman–Crippen LogP) is 2.86. The number of aliphatic hydroxyl groups is 1. The molecule has 1 heterocycles. The van der Waals surface area contributed by atoms with Crippen LogP contribution in [0.4, 0.5) is 5.69 Å². The number of ether oxygens (including phenoxy) is 2. The van der Waals surface area contributed by atoms with Crippen LogP contribution >= 0.6 is 0 Å². The van der Waals surface area contributed by atoms with E-state index in [-0.39, 0.29) is 12.1 Å². The van der Waals surface area contributed by atoms with E-state index in [9.17, 15) is 5.11 Å². The van der Waals surface area contributed by atoms with E-state index in [4.69, 9.17) is 9.47 Å². The molecule has 0 radical (unpaired) electrons. The number of nitrogens with zero attached hydrogens (tertiary/aromatic N) is 1. The number of hydrogen-bond donors (Lipinski definition) is 2. The van der Waals surface area contributed by atoms with Crippen molar-refractivity contribution >= 4 is 5.69 Å². The molecule has 3 atom stereocenters. The molecular formula is C18H22N2O3. The number of methoxy groups -OCH3 is 1. The van der Waals surface area contributed by atoms with E-state index in [1.807, 2.05) is 36.4 Å². The Labute approximate surface area is 136 Å². The second-order valence-corrected chi connectivity index (χ2v) is 5.73. The molecule has 2 N–H and O–H groups in total. The summed E-state index contributed by atoms with van der Waals surface area (Å²) >= 11 is 0. The molecule has 1 aliphatic carbocycles. The molecule has 23 heavy (non-hydrogen) atoms. The van der Waals surface area contributed by atoms with Crippen LogP contribution in [0.2, 0.25) is 0 Å². The summed E-state index contributed by atoms with van der Waals surface area (Å²) in [6, 6.07) is 13.3. The predicted molar refractivity (Wildman–Crippen MR) is 88.9 cm³/mol. The first kappa shape index (κ1) is 15.6. The Kier molecular flexibility index (Phi) is 4.98. The third-order valence-electron chi connectivity index (χ3n) is 4.13. The van der Waals surface area contributed by atoms with Gasteiger partial charge in [0.05, 0.1) is 25.0 Å². The monoisotopic (exact) mass is 314 g/mol. The van der Waals surface area contributed by atoms with Gasteiger partial charge in [-0.1, -0.05) is 18.2 Å². The zero-order valence-corrected chi connectivity index (χ0v) is 13.2. The molecule has 0 unspecified atom stereocenters. The van der Waals surface area contributed by atoms with Crippen molar-refractivity contribution in [2.45, 2.75) is 37.5 Å². The Balaban J connectivity index is 1.63. The van der Waals surface area contributed by atoms with Crippen LogP contribution in [-0.4, -0.2) is 35.5 Å². The van der Waals surface area contributed by atoms with Crippen LogP contribution < -0.4 is 14.8 Å². The molecule has 0 saturated heterocycles. The van der Waals surface area contributed by atoms with Gasteiger partial charge in [0.25, 0.3) is 0 Å². The maximum Gasteiger partial charge on any atom is 0.213 e. The van der Waals surface area contributed by atoms with Gasteiger partial charge in [0.15, 0.2) is 0 Å². The number of hydrogen-bond acceptors (Lipinski definition) is 5. The fourth-order valence-corrected chi connectivity index (χ4v) is 2.90. The molecule has 5 heteroatoms. The first-order chi connectivity index (χ1) is 11.3. The standard InChI is InChI=1S/C18H22N2O3/c1-22-17-11-10-13(12-19-17)20-15-8-5-9-16(18(15)21)23-14-6-3-2-4-7-14/h2-4,6-7,10-12,15-16,18,20-21H,5,8-9H2,1H3/t15-,16+,18+/m0/s1. The van der Waals surface area contributed by atoms with E-state index >= 15 is 0 Å². The number of aliphatic hydroxyl groups excluding tert-OH is 1. The highest BCUT2D eigenvalue weighted by Crippen LogP contribution is 2.26. The lowest BCUT2D eigenvalue weighted by atomic mass is 9.89. The number of pyridine rings is 1. The van der Waals surface area contributed by atoms with Gasteiger partial charge >= 0.3 is 0 Å².